The maximum absolute atomic E-state index is 13.0. The van der Waals surface area contributed by atoms with Gasteiger partial charge in [-0.1, -0.05) is 43.3 Å². The minimum absolute atomic E-state index is 0.140. The summed E-state index contributed by atoms with van der Waals surface area (Å²) in [6.45, 7) is 5.58. The van der Waals surface area contributed by atoms with E-state index in [1.165, 1.54) is 0 Å². The summed E-state index contributed by atoms with van der Waals surface area (Å²) in [6.07, 6.45) is 6.42. The SMILES string of the molecule is CCCC(=O)N1CCC2(CCCN(c3ccc(C(=O)Nc4cc(-c5ccccc5)ccc4N)cn3)C2)C1. The number of piperidine rings is 1. The van der Waals surface area contributed by atoms with E-state index in [4.69, 9.17) is 5.73 Å². The van der Waals surface area contributed by atoms with Crippen molar-refractivity contribution in [2.24, 2.45) is 5.41 Å². The molecule has 0 bridgehead atoms. The van der Waals surface area contributed by atoms with Crippen LogP contribution in [0.2, 0.25) is 0 Å². The lowest BCUT2D eigenvalue weighted by molar-refractivity contribution is -0.130. The molecule has 192 valence electrons. The molecule has 2 aliphatic rings. The number of pyridine rings is 1. The van der Waals surface area contributed by atoms with Crippen LogP contribution in [0.5, 0.6) is 0 Å². The van der Waals surface area contributed by atoms with Crippen LogP contribution in [0.1, 0.15) is 49.4 Å². The smallest absolute Gasteiger partial charge is 0.257 e. The molecular formula is C30H35N5O2. The molecule has 0 radical (unpaired) electrons. The molecule has 7 heteroatoms. The molecule has 3 aromatic rings. The van der Waals surface area contributed by atoms with Gasteiger partial charge in [0.2, 0.25) is 5.91 Å². The molecule has 0 saturated carbocycles. The molecule has 2 aliphatic heterocycles. The van der Waals surface area contributed by atoms with Gasteiger partial charge in [-0.3, -0.25) is 9.59 Å². The van der Waals surface area contributed by atoms with E-state index in [1.54, 1.807) is 6.20 Å². The zero-order valence-electron chi connectivity index (χ0n) is 21.5. The van der Waals surface area contributed by atoms with Crippen LogP contribution in [0.25, 0.3) is 11.1 Å². The van der Waals surface area contributed by atoms with Crippen molar-refractivity contribution in [1.82, 2.24) is 9.88 Å². The second-order valence-corrected chi connectivity index (χ2v) is 10.4. The Labute approximate surface area is 218 Å². The Hall–Kier alpha value is -3.87. The lowest BCUT2D eigenvalue weighted by Gasteiger charge is -2.41. The zero-order valence-corrected chi connectivity index (χ0v) is 21.5. The number of rotatable bonds is 6. The Morgan fingerprint density at radius 3 is 2.59 bits per heavy atom. The number of hydrogen-bond acceptors (Lipinski definition) is 5. The Balaban J connectivity index is 1.25. The van der Waals surface area contributed by atoms with Crippen LogP contribution in [0, 0.1) is 5.41 Å². The summed E-state index contributed by atoms with van der Waals surface area (Å²) in [6, 6.07) is 19.4. The number of carbonyl (C=O) groups is 2. The highest BCUT2D eigenvalue weighted by molar-refractivity contribution is 6.06. The number of anilines is 3. The summed E-state index contributed by atoms with van der Waals surface area (Å²) in [4.78, 5) is 34.4. The minimum atomic E-state index is -0.244. The molecule has 1 unspecified atom stereocenters. The van der Waals surface area contributed by atoms with Gasteiger partial charge in [0, 0.05) is 44.2 Å². The first-order valence-electron chi connectivity index (χ1n) is 13.2. The number of nitrogen functional groups attached to an aromatic ring is 1. The fourth-order valence-corrected chi connectivity index (χ4v) is 5.63. The molecule has 3 N–H and O–H groups in total. The van der Waals surface area contributed by atoms with E-state index < -0.39 is 0 Å². The van der Waals surface area contributed by atoms with Gasteiger partial charge in [0.15, 0.2) is 0 Å². The molecule has 1 aromatic heterocycles. The number of benzene rings is 2. The van der Waals surface area contributed by atoms with Gasteiger partial charge in [-0.25, -0.2) is 4.98 Å². The van der Waals surface area contributed by atoms with E-state index in [0.717, 1.165) is 68.8 Å². The Bertz CT molecular complexity index is 1260. The third-order valence-corrected chi connectivity index (χ3v) is 7.66. The van der Waals surface area contributed by atoms with Crippen LogP contribution >= 0.6 is 0 Å². The molecule has 1 spiro atoms. The van der Waals surface area contributed by atoms with Gasteiger partial charge in [0.25, 0.3) is 5.91 Å². The average molecular weight is 498 g/mol. The largest absolute Gasteiger partial charge is 0.397 e. The number of hydrogen-bond donors (Lipinski definition) is 2. The number of carbonyl (C=O) groups excluding carboxylic acids is 2. The molecule has 2 saturated heterocycles. The summed E-state index contributed by atoms with van der Waals surface area (Å²) in [5.74, 6) is 0.909. The normalized spacial score (nSPS) is 19.3. The second-order valence-electron chi connectivity index (χ2n) is 10.4. The van der Waals surface area contributed by atoms with Crippen LogP contribution in [0.15, 0.2) is 66.9 Å². The predicted molar refractivity (Wildman–Crippen MR) is 148 cm³/mol. The molecule has 37 heavy (non-hydrogen) atoms. The van der Waals surface area contributed by atoms with E-state index in [-0.39, 0.29) is 17.2 Å². The highest BCUT2D eigenvalue weighted by Gasteiger charge is 2.42. The van der Waals surface area contributed by atoms with Gasteiger partial charge < -0.3 is 20.9 Å². The third-order valence-electron chi connectivity index (χ3n) is 7.66. The monoisotopic (exact) mass is 497 g/mol. The van der Waals surface area contributed by atoms with Crippen molar-refractivity contribution >= 4 is 29.0 Å². The lowest BCUT2D eigenvalue weighted by atomic mass is 9.79. The summed E-state index contributed by atoms with van der Waals surface area (Å²) in [5.41, 5.74) is 9.92. The van der Waals surface area contributed by atoms with E-state index in [2.05, 4.69) is 22.1 Å². The fourth-order valence-electron chi connectivity index (χ4n) is 5.63. The van der Waals surface area contributed by atoms with Crippen LogP contribution < -0.4 is 16.0 Å². The first-order chi connectivity index (χ1) is 18.0. The number of nitrogens with one attached hydrogen (secondary N) is 1. The predicted octanol–water partition coefficient (Wildman–Crippen LogP) is 5.20. The first-order valence-corrected chi connectivity index (χ1v) is 13.2. The van der Waals surface area contributed by atoms with Gasteiger partial charge in [-0.2, -0.15) is 0 Å². The van der Waals surface area contributed by atoms with Gasteiger partial charge in [0.05, 0.1) is 16.9 Å². The Morgan fingerprint density at radius 1 is 1.00 bits per heavy atom. The van der Waals surface area contributed by atoms with Crippen molar-refractivity contribution in [1.29, 1.82) is 0 Å². The number of aromatic nitrogens is 1. The van der Waals surface area contributed by atoms with Gasteiger partial charge >= 0.3 is 0 Å². The molecule has 2 fully saturated rings. The molecular weight excluding hydrogens is 462 g/mol. The summed E-state index contributed by atoms with van der Waals surface area (Å²) < 4.78 is 0. The van der Waals surface area contributed by atoms with Crippen molar-refractivity contribution in [3.05, 3.63) is 72.4 Å². The van der Waals surface area contributed by atoms with Crippen LogP contribution in [-0.2, 0) is 4.79 Å². The molecule has 2 amide bonds. The number of nitrogens with zero attached hydrogens (tertiary/aromatic N) is 3. The lowest BCUT2D eigenvalue weighted by Crippen LogP contribution is -2.45. The van der Waals surface area contributed by atoms with Crippen molar-refractivity contribution in [2.45, 2.75) is 39.0 Å². The molecule has 3 heterocycles. The number of amides is 2. The van der Waals surface area contributed by atoms with Crippen LogP contribution in [0.4, 0.5) is 17.2 Å². The maximum Gasteiger partial charge on any atom is 0.257 e. The van der Waals surface area contributed by atoms with Crippen molar-refractivity contribution in [2.75, 3.05) is 42.1 Å². The van der Waals surface area contributed by atoms with E-state index >= 15 is 0 Å². The van der Waals surface area contributed by atoms with Crippen LogP contribution in [0.3, 0.4) is 0 Å². The van der Waals surface area contributed by atoms with E-state index in [0.29, 0.717) is 23.4 Å². The van der Waals surface area contributed by atoms with Gasteiger partial charge in [0.1, 0.15) is 5.82 Å². The van der Waals surface area contributed by atoms with Gasteiger partial charge in [-0.15, -0.1) is 0 Å². The highest BCUT2D eigenvalue weighted by Crippen LogP contribution is 2.40. The molecule has 2 aromatic carbocycles. The van der Waals surface area contributed by atoms with Crippen molar-refractivity contribution < 1.29 is 9.59 Å². The van der Waals surface area contributed by atoms with E-state index in [1.807, 2.05) is 65.6 Å². The van der Waals surface area contributed by atoms with E-state index in [9.17, 15) is 9.59 Å². The number of nitrogens with two attached hydrogens (primary N) is 1. The second kappa shape index (κ2) is 10.6. The van der Waals surface area contributed by atoms with Crippen molar-refractivity contribution in [3.63, 3.8) is 0 Å². The highest BCUT2D eigenvalue weighted by atomic mass is 16.2. The summed E-state index contributed by atoms with van der Waals surface area (Å²) in [5, 5.41) is 2.95. The van der Waals surface area contributed by atoms with Gasteiger partial charge in [-0.05, 0) is 61.1 Å². The summed E-state index contributed by atoms with van der Waals surface area (Å²) in [7, 11) is 0. The quantitative estimate of drug-likeness (QED) is 0.457. The minimum Gasteiger partial charge on any atom is -0.397 e. The molecule has 1 atom stereocenters. The molecule has 7 nitrogen and oxygen atoms in total. The molecule has 5 rings (SSSR count). The standard InChI is InChI=1S/C30H35N5O2/c1-2-7-28(36)35-17-15-30(21-35)14-6-16-34(20-30)27-13-11-24(19-32-27)29(37)33-26-18-23(10-12-25(26)31)22-8-4-3-5-9-22/h3-5,8-13,18-19H,2,6-7,14-17,20-21,31H2,1H3,(H,33,37). The topological polar surface area (TPSA) is 91.6 Å². The Kier molecular flexibility index (Phi) is 7.12. The third kappa shape index (κ3) is 5.45. The zero-order chi connectivity index (χ0) is 25.8. The van der Waals surface area contributed by atoms with Crippen LogP contribution in [-0.4, -0.2) is 47.9 Å². The number of likely N-dealkylation sites (tertiary alicyclic amines) is 1. The van der Waals surface area contributed by atoms with Crippen molar-refractivity contribution in [3.8, 4) is 11.1 Å². The first kappa shape index (κ1) is 24.8. The average Bonchev–Trinajstić information content (AvgIpc) is 3.33. The summed E-state index contributed by atoms with van der Waals surface area (Å²) >= 11 is 0. The maximum atomic E-state index is 13.0. The fraction of sp³-hybridized carbons (Fsp3) is 0.367. The molecule has 0 aliphatic carbocycles. The Morgan fingerprint density at radius 2 is 1.84 bits per heavy atom.